The van der Waals surface area contributed by atoms with Crippen molar-refractivity contribution < 1.29 is 23.9 Å². The third-order valence-electron chi connectivity index (χ3n) is 5.30. The number of hydrazine groups is 1. The predicted molar refractivity (Wildman–Crippen MR) is 103 cm³/mol. The summed E-state index contributed by atoms with van der Waals surface area (Å²) in [4.78, 5) is 50.9. The molecule has 3 rings (SSSR count). The fourth-order valence-electron chi connectivity index (χ4n) is 3.84. The van der Waals surface area contributed by atoms with Crippen molar-refractivity contribution in [3.8, 4) is 0 Å². The zero-order valence-electron chi connectivity index (χ0n) is 16.5. The van der Waals surface area contributed by atoms with E-state index in [9.17, 15) is 19.2 Å². The van der Waals surface area contributed by atoms with Crippen molar-refractivity contribution in [1.82, 2.24) is 20.7 Å². The summed E-state index contributed by atoms with van der Waals surface area (Å²) in [6.07, 6.45) is 3.90. The topological polar surface area (TPSA) is 108 Å². The van der Waals surface area contributed by atoms with Gasteiger partial charge in [-0.2, -0.15) is 5.01 Å². The highest BCUT2D eigenvalue weighted by atomic mass is 16.5. The summed E-state index contributed by atoms with van der Waals surface area (Å²) in [5.41, 5.74) is 2.41. The maximum absolute atomic E-state index is 12.8. The number of methoxy groups -OCH3 is 1. The Morgan fingerprint density at radius 3 is 2.48 bits per heavy atom. The van der Waals surface area contributed by atoms with Crippen LogP contribution in [-0.4, -0.2) is 59.5 Å². The van der Waals surface area contributed by atoms with Crippen LogP contribution in [0.15, 0.2) is 30.3 Å². The van der Waals surface area contributed by atoms with Crippen LogP contribution in [0.25, 0.3) is 0 Å². The van der Waals surface area contributed by atoms with E-state index in [1.165, 1.54) is 7.11 Å². The minimum Gasteiger partial charge on any atom is -0.468 e. The summed E-state index contributed by atoms with van der Waals surface area (Å²) < 4.78 is 4.70. The van der Waals surface area contributed by atoms with E-state index in [4.69, 9.17) is 4.74 Å². The van der Waals surface area contributed by atoms with E-state index in [1.54, 1.807) is 4.90 Å². The van der Waals surface area contributed by atoms with Crippen LogP contribution >= 0.6 is 0 Å². The molecule has 1 heterocycles. The number of urea groups is 1. The first-order chi connectivity index (χ1) is 13.9. The van der Waals surface area contributed by atoms with Crippen molar-refractivity contribution in [2.24, 2.45) is 0 Å². The van der Waals surface area contributed by atoms with Crippen LogP contribution in [0.1, 0.15) is 37.7 Å². The standard InChI is InChI=1S/C20H26N4O5/c1-29-17(26)14-23(12-15-8-4-2-5-9-15)13-16(25)22-24-18(27)20(21-19(24)28)10-6-3-7-11-20/h2,4-5,8-9H,3,6-7,10-14H2,1H3,(H,21,28)(H,22,25). The first kappa shape index (κ1) is 20.8. The number of imide groups is 1. The molecule has 0 unspecified atom stereocenters. The largest absolute Gasteiger partial charge is 0.468 e. The van der Waals surface area contributed by atoms with Gasteiger partial charge in [-0.25, -0.2) is 4.79 Å². The minimum atomic E-state index is -0.904. The van der Waals surface area contributed by atoms with E-state index >= 15 is 0 Å². The monoisotopic (exact) mass is 402 g/mol. The Labute approximate surface area is 169 Å². The van der Waals surface area contributed by atoms with Gasteiger partial charge in [-0.3, -0.25) is 24.7 Å². The molecule has 156 valence electrons. The molecule has 4 amide bonds. The quantitative estimate of drug-likeness (QED) is 0.519. The Hall–Kier alpha value is -2.94. The van der Waals surface area contributed by atoms with Gasteiger partial charge >= 0.3 is 12.0 Å². The van der Waals surface area contributed by atoms with Crippen molar-refractivity contribution in [2.75, 3.05) is 20.2 Å². The van der Waals surface area contributed by atoms with Gasteiger partial charge in [0.2, 0.25) is 0 Å². The Bertz CT molecular complexity index is 776. The lowest BCUT2D eigenvalue weighted by atomic mass is 9.82. The fourth-order valence-corrected chi connectivity index (χ4v) is 3.84. The summed E-state index contributed by atoms with van der Waals surface area (Å²) in [5.74, 6) is -1.45. The van der Waals surface area contributed by atoms with Crippen molar-refractivity contribution in [3.05, 3.63) is 35.9 Å². The molecule has 2 fully saturated rings. The number of hydrogen-bond donors (Lipinski definition) is 2. The Morgan fingerprint density at radius 1 is 1.14 bits per heavy atom. The van der Waals surface area contributed by atoms with Crippen LogP contribution in [0.5, 0.6) is 0 Å². The van der Waals surface area contributed by atoms with Crippen LogP contribution in [0.3, 0.4) is 0 Å². The van der Waals surface area contributed by atoms with Crippen LogP contribution < -0.4 is 10.7 Å². The number of benzene rings is 1. The highest BCUT2D eigenvalue weighted by molar-refractivity contribution is 6.08. The number of carbonyl (C=O) groups is 4. The molecule has 1 spiro atoms. The molecular formula is C20H26N4O5. The lowest BCUT2D eigenvalue weighted by molar-refractivity contribution is -0.144. The molecule has 1 saturated carbocycles. The zero-order chi connectivity index (χ0) is 20.9. The first-order valence-corrected chi connectivity index (χ1v) is 9.73. The number of carbonyl (C=O) groups excluding carboxylic acids is 4. The maximum atomic E-state index is 12.8. The van der Waals surface area contributed by atoms with Crippen molar-refractivity contribution in [3.63, 3.8) is 0 Å². The predicted octanol–water partition coefficient (Wildman–Crippen LogP) is 0.948. The van der Waals surface area contributed by atoms with Gasteiger partial charge in [0, 0.05) is 6.54 Å². The Morgan fingerprint density at radius 2 is 1.83 bits per heavy atom. The van der Waals surface area contributed by atoms with Gasteiger partial charge in [-0.1, -0.05) is 49.6 Å². The summed E-state index contributed by atoms with van der Waals surface area (Å²) in [7, 11) is 1.28. The van der Waals surface area contributed by atoms with Gasteiger partial charge in [0.15, 0.2) is 0 Å². The molecule has 29 heavy (non-hydrogen) atoms. The number of rotatable bonds is 7. The smallest absolute Gasteiger partial charge is 0.344 e. The van der Waals surface area contributed by atoms with Gasteiger partial charge in [0.05, 0.1) is 20.2 Å². The van der Waals surface area contributed by atoms with E-state index in [-0.39, 0.29) is 13.1 Å². The number of ether oxygens (including phenoxy) is 1. The highest BCUT2D eigenvalue weighted by Crippen LogP contribution is 2.32. The molecule has 0 radical (unpaired) electrons. The number of esters is 1. The molecule has 1 aromatic carbocycles. The maximum Gasteiger partial charge on any atom is 0.344 e. The fraction of sp³-hybridized carbons (Fsp3) is 0.500. The molecule has 2 aliphatic rings. The second-order valence-corrected chi connectivity index (χ2v) is 7.46. The normalized spacial score (nSPS) is 18.1. The van der Waals surface area contributed by atoms with E-state index in [0.29, 0.717) is 19.4 Å². The first-order valence-electron chi connectivity index (χ1n) is 9.73. The number of nitrogens with zero attached hydrogens (tertiary/aromatic N) is 2. The Kier molecular flexibility index (Phi) is 6.48. The van der Waals surface area contributed by atoms with Gasteiger partial charge < -0.3 is 10.1 Å². The van der Waals surface area contributed by atoms with Gasteiger partial charge in [0.1, 0.15) is 5.54 Å². The molecule has 0 bridgehead atoms. The van der Waals surface area contributed by atoms with Crippen molar-refractivity contribution >= 4 is 23.8 Å². The summed E-state index contributed by atoms with van der Waals surface area (Å²) in [6, 6.07) is 8.75. The van der Waals surface area contributed by atoms with Gasteiger partial charge in [0.25, 0.3) is 11.8 Å². The van der Waals surface area contributed by atoms with Crippen LogP contribution in [0.2, 0.25) is 0 Å². The van der Waals surface area contributed by atoms with Gasteiger partial charge in [-0.05, 0) is 18.4 Å². The number of nitrogens with one attached hydrogen (secondary N) is 2. The molecule has 9 nitrogen and oxygen atoms in total. The molecule has 1 aliphatic carbocycles. The molecule has 2 N–H and O–H groups in total. The molecule has 0 aromatic heterocycles. The molecule has 0 atom stereocenters. The SMILES string of the molecule is COC(=O)CN(CC(=O)NN1C(=O)NC2(CCCCC2)C1=O)Cc1ccccc1. The van der Waals surface area contributed by atoms with E-state index in [2.05, 4.69) is 10.7 Å². The molecular weight excluding hydrogens is 376 g/mol. The molecule has 1 aromatic rings. The molecule has 1 aliphatic heterocycles. The lowest BCUT2D eigenvalue weighted by Gasteiger charge is -2.30. The number of amides is 4. The number of hydrogen-bond acceptors (Lipinski definition) is 6. The summed E-state index contributed by atoms with van der Waals surface area (Å²) in [6.45, 7) is 0.0738. The zero-order valence-corrected chi connectivity index (χ0v) is 16.5. The van der Waals surface area contributed by atoms with Crippen LogP contribution in [0.4, 0.5) is 4.79 Å². The Balaban J connectivity index is 1.63. The summed E-state index contributed by atoms with van der Waals surface area (Å²) in [5, 5.41) is 3.51. The third-order valence-corrected chi connectivity index (χ3v) is 5.30. The second-order valence-electron chi connectivity index (χ2n) is 7.46. The third kappa shape index (κ3) is 4.92. The van der Waals surface area contributed by atoms with Crippen LogP contribution in [0, 0.1) is 0 Å². The minimum absolute atomic E-state index is 0.0944. The lowest BCUT2D eigenvalue weighted by Crippen LogP contribution is -2.52. The van der Waals surface area contributed by atoms with E-state index in [0.717, 1.165) is 29.8 Å². The van der Waals surface area contributed by atoms with Gasteiger partial charge in [-0.15, -0.1) is 0 Å². The van der Waals surface area contributed by atoms with E-state index in [1.807, 2.05) is 30.3 Å². The van der Waals surface area contributed by atoms with Crippen LogP contribution in [-0.2, 0) is 25.7 Å². The average molecular weight is 402 g/mol. The summed E-state index contributed by atoms with van der Waals surface area (Å²) >= 11 is 0. The second kappa shape index (κ2) is 9.04. The molecule has 1 saturated heterocycles. The van der Waals surface area contributed by atoms with E-state index < -0.39 is 29.4 Å². The molecule has 9 heteroatoms. The average Bonchev–Trinajstić information content (AvgIpc) is 2.93. The highest BCUT2D eigenvalue weighted by Gasteiger charge is 2.52. The van der Waals surface area contributed by atoms with Crippen molar-refractivity contribution in [2.45, 2.75) is 44.2 Å². The van der Waals surface area contributed by atoms with Crippen molar-refractivity contribution in [1.29, 1.82) is 0 Å².